The lowest BCUT2D eigenvalue weighted by molar-refractivity contribution is -0.203. The molecule has 5 rings (SSSR count). The van der Waals surface area contributed by atoms with E-state index in [1.54, 1.807) is 0 Å². The fourth-order valence-electron chi connectivity index (χ4n) is 11.0. The van der Waals surface area contributed by atoms with E-state index >= 15 is 0 Å². The van der Waals surface area contributed by atoms with Crippen LogP contribution in [0.1, 0.15) is 105 Å². The van der Waals surface area contributed by atoms with Crippen molar-refractivity contribution < 1.29 is 15.0 Å². The standard InChI is InChI=1S/C32H56N2O3/c1-5-23-27-18-22(35)10-14-32(27,4)26-11-15-31(3)24(7-8-25(31)29(26)30(23)37)20(2)6-9-28(36)34-17-13-21-12-16-33-19-21/h20-27,29-30,33,35,37H,5-19H2,1-4H3,(H,34,36)/t20-,21?,22-,23-,24-,25+,26+,27+,29+,30-,31-,32-/m1/s1. The highest BCUT2D eigenvalue weighted by molar-refractivity contribution is 5.75. The summed E-state index contributed by atoms with van der Waals surface area (Å²) in [4.78, 5) is 12.6. The van der Waals surface area contributed by atoms with Crippen molar-refractivity contribution in [3.05, 3.63) is 0 Å². The first-order chi connectivity index (χ1) is 17.7. The Morgan fingerprint density at radius 3 is 2.51 bits per heavy atom. The van der Waals surface area contributed by atoms with Crippen molar-refractivity contribution in [3.8, 4) is 0 Å². The summed E-state index contributed by atoms with van der Waals surface area (Å²) >= 11 is 0. The summed E-state index contributed by atoms with van der Waals surface area (Å²) < 4.78 is 0. The molecule has 37 heavy (non-hydrogen) atoms. The van der Waals surface area contributed by atoms with E-state index in [0.29, 0.717) is 47.8 Å². The number of aliphatic hydroxyl groups is 2. The first-order valence-electron chi connectivity index (χ1n) is 16.0. The molecule has 0 radical (unpaired) electrons. The van der Waals surface area contributed by atoms with Gasteiger partial charge in [-0.2, -0.15) is 0 Å². The molecule has 5 aliphatic rings. The first-order valence-corrected chi connectivity index (χ1v) is 16.0. The monoisotopic (exact) mass is 516 g/mol. The second-order valence-electron chi connectivity index (χ2n) is 14.6. The summed E-state index contributed by atoms with van der Waals surface area (Å²) in [5.41, 5.74) is 0.546. The van der Waals surface area contributed by atoms with Gasteiger partial charge in [0.15, 0.2) is 0 Å². The van der Waals surface area contributed by atoms with Crippen molar-refractivity contribution in [2.45, 2.75) is 117 Å². The average Bonchev–Trinajstić information content (AvgIpc) is 3.51. The molecule has 1 aliphatic heterocycles. The zero-order valence-electron chi connectivity index (χ0n) is 24.2. The van der Waals surface area contributed by atoms with Crippen LogP contribution < -0.4 is 10.6 Å². The minimum Gasteiger partial charge on any atom is -0.393 e. The number of amides is 1. The molecule has 4 aliphatic carbocycles. The van der Waals surface area contributed by atoms with Crippen LogP contribution in [0.25, 0.3) is 0 Å². The third-order valence-corrected chi connectivity index (χ3v) is 13.0. The van der Waals surface area contributed by atoms with Crippen LogP contribution in [0.15, 0.2) is 0 Å². The van der Waals surface area contributed by atoms with Crippen molar-refractivity contribution in [2.75, 3.05) is 19.6 Å². The van der Waals surface area contributed by atoms with E-state index in [9.17, 15) is 15.0 Å². The van der Waals surface area contributed by atoms with E-state index in [1.807, 2.05) is 0 Å². The van der Waals surface area contributed by atoms with Gasteiger partial charge in [-0.05, 0) is 135 Å². The van der Waals surface area contributed by atoms with Crippen molar-refractivity contribution in [3.63, 3.8) is 0 Å². The highest BCUT2D eigenvalue weighted by Crippen LogP contribution is 2.69. The molecule has 5 heteroatoms. The Morgan fingerprint density at radius 2 is 1.78 bits per heavy atom. The van der Waals surface area contributed by atoms with Crippen LogP contribution in [-0.2, 0) is 4.79 Å². The van der Waals surface area contributed by atoms with E-state index in [-0.39, 0.29) is 28.9 Å². The molecular weight excluding hydrogens is 460 g/mol. The summed E-state index contributed by atoms with van der Waals surface area (Å²) in [5.74, 6) is 4.54. The summed E-state index contributed by atoms with van der Waals surface area (Å²) in [6, 6.07) is 0. The average molecular weight is 517 g/mol. The van der Waals surface area contributed by atoms with Gasteiger partial charge < -0.3 is 20.8 Å². The summed E-state index contributed by atoms with van der Waals surface area (Å²) in [6.45, 7) is 12.8. The molecule has 0 aromatic heterocycles. The van der Waals surface area contributed by atoms with Gasteiger partial charge in [-0.25, -0.2) is 0 Å². The van der Waals surface area contributed by atoms with Crippen molar-refractivity contribution >= 4 is 5.91 Å². The predicted molar refractivity (Wildman–Crippen MR) is 149 cm³/mol. The van der Waals surface area contributed by atoms with Gasteiger partial charge >= 0.3 is 0 Å². The van der Waals surface area contributed by atoms with Crippen LogP contribution in [0.2, 0.25) is 0 Å². The van der Waals surface area contributed by atoms with E-state index in [0.717, 1.165) is 64.1 Å². The fraction of sp³-hybridized carbons (Fsp3) is 0.969. The largest absolute Gasteiger partial charge is 0.393 e. The maximum atomic E-state index is 12.6. The molecule has 5 nitrogen and oxygen atoms in total. The first kappa shape index (κ1) is 27.9. The molecule has 12 atom stereocenters. The fourth-order valence-corrected chi connectivity index (χ4v) is 11.0. The molecule has 0 spiro atoms. The van der Waals surface area contributed by atoms with Gasteiger partial charge in [0, 0.05) is 13.0 Å². The number of rotatable bonds is 8. The third-order valence-electron chi connectivity index (χ3n) is 13.0. The lowest BCUT2D eigenvalue weighted by atomic mass is 9.41. The molecule has 1 unspecified atom stereocenters. The van der Waals surface area contributed by atoms with Gasteiger partial charge in [-0.15, -0.1) is 0 Å². The van der Waals surface area contributed by atoms with Gasteiger partial charge in [-0.3, -0.25) is 4.79 Å². The maximum Gasteiger partial charge on any atom is 0.220 e. The summed E-state index contributed by atoms with van der Waals surface area (Å²) in [7, 11) is 0. The Bertz CT molecular complexity index is 799. The second-order valence-corrected chi connectivity index (χ2v) is 14.6. The van der Waals surface area contributed by atoms with Crippen LogP contribution in [0.4, 0.5) is 0 Å². The lowest BCUT2D eigenvalue weighted by Crippen LogP contribution is -2.62. The van der Waals surface area contributed by atoms with Crippen LogP contribution in [0, 0.1) is 58.2 Å². The van der Waals surface area contributed by atoms with Gasteiger partial charge in [0.05, 0.1) is 12.2 Å². The number of carbonyl (C=O) groups is 1. The highest BCUT2D eigenvalue weighted by Gasteiger charge is 2.64. The molecule has 0 bridgehead atoms. The van der Waals surface area contributed by atoms with Gasteiger partial charge in [0.25, 0.3) is 0 Å². The van der Waals surface area contributed by atoms with E-state index in [4.69, 9.17) is 0 Å². The minimum atomic E-state index is -0.224. The molecule has 4 saturated carbocycles. The smallest absolute Gasteiger partial charge is 0.220 e. The van der Waals surface area contributed by atoms with Crippen LogP contribution in [-0.4, -0.2) is 48.0 Å². The predicted octanol–water partition coefficient (Wildman–Crippen LogP) is 5.15. The number of hydrogen-bond donors (Lipinski definition) is 4. The Labute approximate surface area is 226 Å². The Kier molecular flexibility index (Phi) is 8.36. The van der Waals surface area contributed by atoms with Crippen LogP contribution in [0.5, 0.6) is 0 Å². The number of aliphatic hydroxyl groups excluding tert-OH is 2. The quantitative estimate of drug-likeness (QED) is 0.360. The summed E-state index contributed by atoms with van der Waals surface area (Å²) in [6.07, 6.45) is 12.5. The normalized spacial score (nSPS) is 48.1. The highest BCUT2D eigenvalue weighted by atomic mass is 16.3. The van der Waals surface area contributed by atoms with Crippen molar-refractivity contribution in [2.24, 2.45) is 58.2 Å². The van der Waals surface area contributed by atoms with Crippen molar-refractivity contribution in [1.29, 1.82) is 0 Å². The molecule has 0 aromatic carbocycles. The van der Waals surface area contributed by atoms with Gasteiger partial charge in [-0.1, -0.05) is 34.1 Å². The second kappa shape index (κ2) is 11.1. The van der Waals surface area contributed by atoms with Crippen LogP contribution in [0.3, 0.4) is 0 Å². The number of hydrogen-bond acceptors (Lipinski definition) is 4. The Morgan fingerprint density at radius 1 is 1.03 bits per heavy atom. The Balaban J connectivity index is 1.22. The number of fused-ring (bicyclic) bond motifs is 5. The molecule has 5 fully saturated rings. The Hall–Kier alpha value is -0.650. The van der Waals surface area contributed by atoms with E-state index < -0.39 is 0 Å². The van der Waals surface area contributed by atoms with Crippen LogP contribution >= 0.6 is 0 Å². The topological polar surface area (TPSA) is 81.6 Å². The number of carbonyl (C=O) groups excluding carboxylic acids is 1. The SMILES string of the molecule is CC[C@H]1[C@@H](O)[C@@H]2[C@H](CC[C@]3(C)[C@@H]([C@H](C)CCC(=O)NCCC4CCNC4)CC[C@@H]23)[C@@]2(C)CC[C@@H](O)C[C@@H]12. The molecule has 1 amide bonds. The number of nitrogens with one attached hydrogen (secondary N) is 2. The minimum absolute atomic E-state index is 0.182. The van der Waals surface area contributed by atoms with Gasteiger partial charge in [0.1, 0.15) is 0 Å². The zero-order chi connectivity index (χ0) is 26.4. The molecule has 1 heterocycles. The molecular formula is C32H56N2O3. The third kappa shape index (κ3) is 5.04. The zero-order valence-corrected chi connectivity index (χ0v) is 24.2. The molecule has 212 valence electrons. The van der Waals surface area contributed by atoms with E-state index in [1.165, 1.54) is 32.1 Å². The maximum absolute atomic E-state index is 12.6. The van der Waals surface area contributed by atoms with Gasteiger partial charge in [0.2, 0.25) is 5.91 Å². The molecule has 4 N–H and O–H groups in total. The summed E-state index contributed by atoms with van der Waals surface area (Å²) in [5, 5.41) is 29.0. The lowest BCUT2D eigenvalue weighted by Gasteiger charge is -2.64. The molecule has 1 saturated heterocycles. The van der Waals surface area contributed by atoms with Crippen molar-refractivity contribution in [1.82, 2.24) is 10.6 Å². The van der Waals surface area contributed by atoms with E-state index in [2.05, 4.69) is 38.3 Å². The molecule has 0 aromatic rings.